The van der Waals surface area contributed by atoms with Crippen LogP contribution in [0.25, 0.3) is 0 Å². The Morgan fingerprint density at radius 2 is 2.05 bits per heavy atom. The van der Waals surface area contributed by atoms with Crippen molar-refractivity contribution in [3.8, 4) is 0 Å². The van der Waals surface area contributed by atoms with Gasteiger partial charge in [0.15, 0.2) is 5.17 Å². The summed E-state index contributed by atoms with van der Waals surface area (Å²) in [5, 5.41) is 23.2. The first-order valence-electron chi connectivity index (χ1n) is 6.47. The normalized spacial score (nSPS) is 23.6. The fraction of sp³-hybridized carbons (Fsp3) is 0.750. The standard InChI is InChI=1S/C12H20ClN3O5/c1-11(2,3)21-9(17)14-12(8(13)15-20)5-4-6-16(7-12)10(18)19/h20H,4-7H2,1-3H3,(H,14,17)(H,18,19). The third-order valence-electron chi connectivity index (χ3n) is 2.99. The van der Waals surface area contributed by atoms with E-state index in [2.05, 4.69) is 10.5 Å². The lowest BCUT2D eigenvalue weighted by Gasteiger charge is -2.40. The van der Waals surface area contributed by atoms with E-state index in [1.807, 2.05) is 0 Å². The van der Waals surface area contributed by atoms with Crippen molar-refractivity contribution >= 4 is 29.0 Å². The molecule has 120 valence electrons. The van der Waals surface area contributed by atoms with Gasteiger partial charge in [0.25, 0.3) is 0 Å². The van der Waals surface area contributed by atoms with E-state index in [0.717, 1.165) is 4.90 Å². The van der Waals surface area contributed by atoms with Crippen LogP contribution < -0.4 is 5.32 Å². The minimum absolute atomic E-state index is 0.107. The maximum Gasteiger partial charge on any atom is 0.408 e. The summed E-state index contributed by atoms with van der Waals surface area (Å²) in [7, 11) is 0. The van der Waals surface area contributed by atoms with Crippen molar-refractivity contribution in [2.24, 2.45) is 5.16 Å². The minimum Gasteiger partial charge on any atom is -0.465 e. The molecule has 21 heavy (non-hydrogen) atoms. The van der Waals surface area contributed by atoms with Crippen LogP contribution in [0.4, 0.5) is 9.59 Å². The fourth-order valence-corrected chi connectivity index (χ4v) is 2.34. The first-order chi connectivity index (χ1) is 9.59. The SMILES string of the molecule is CC(C)(C)OC(=O)NC1(C(Cl)=NO)CCCN(C(=O)O)C1. The maximum atomic E-state index is 11.9. The largest absolute Gasteiger partial charge is 0.465 e. The van der Waals surface area contributed by atoms with Gasteiger partial charge >= 0.3 is 12.2 Å². The average Bonchev–Trinajstić information content (AvgIpc) is 2.35. The maximum absolute atomic E-state index is 11.9. The molecule has 1 atom stereocenters. The van der Waals surface area contributed by atoms with Crippen LogP contribution in [-0.4, -0.2) is 56.8 Å². The van der Waals surface area contributed by atoms with Crippen molar-refractivity contribution in [3.05, 3.63) is 0 Å². The monoisotopic (exact) mass is 321 g/mol. The molecule has 3 N–H and O–H groups in total. The van der Waals surface area contributed by atoms with E-state index in [1.54, 1.807) is 20.8 Å². The van der Waals surface area contributed by atoms with Gasteiger partial charge < -0.3 is 25.3 Å². The molecule has 0 spiro atoms. The second-order valence-corrected chi connectivity index (χ2v) is 6.27. The Labute approximate surface area is 127 Å². The summed E-state index contributed by atoms with van der Waals surface area (Å²) in [5.74, 6) is 0. The molecule has 1 heterocycles. The summed E-state index contributed by atoms with van der Waals surface area (Å²) in [6.07, 6.45) is -1.07. The zero-order valence-corrected chi connectivity index (χ0v) is 13.0. The quantitative estimate of drug-likeness (QED) is 0.409. The number of nitrogens with one attached hydrogen (secondary N) is 1. The summed E-state index contributed by atoms with van der Waals surface area (Å²) >= 11 is 5.90. The number of oxime groups is 1. The molecule has 1 fully saturated rings. The number of hydrogen-bond donors (Lipinski definition) is 3. The summed E-state index contributed by atoms with van der Waals surface area (Å²) in [6.45, 7) is 5.31. The minimum atomic E-state index is -1.28. The fourth-order valence-electron chi connectivity index (χ4n) is 2.14. The lowest BCUT2D eigenvalue weighted by atomic mass is 9.90. The molecule has 0 radical (unpaired) electrons. The zero-order valence-electron chi connectivity index (χ0n) is 12.2. The Morgan fingerprint density at radius 1 is 1.43 bits per heavy atom. The van der Waals surface area contributed by atoms with Gasteiger partial charge in [-0.1, -0.05) is 16.8 Å². The molecule has 0 aromatic rings. The van der Waals surface area contributed by atoms with Crippen molar-refractivity contribution in [1.82, 2.24) is 10.2 Å². The predicted molar refractivity (Wildman–Crippen MR) is 76.0 cm³/mol. The highest BCUT2D eigenvalue weighted by atomic mass is 35.5. The summed E-state index contributed by atoms with van der Waals surface area (Å²) < 4.78 is 5.14. The number of nitrogens with zero attached hydrogens (tertiary/aromatic N) is 2. The molecule has 0 bridgehead atoms. The van der Waals surface area contributed by atoms with E-state index >= 15 is 0 Å². The van der Waals surface area contributed by atoms with Crippen molar-refractivity contribution in [3.63, 3.8) is 0 Å². The number of piperidine rings is 1. The van der Waals surface area contributed by atoms with Gasteiger partial charge in [0.05, 0.1) is 6.54 Å². The molecule has 0 aromatic heterocycles. The number of alkyl carbamates (subject to hydrolysis) is 1. The Bertz CT molecular complexity index is 449. The van der Waals surface area contributed by atoms with Crippen LogP contribution in [0.1, 0.15) is 33.6 Å². The molecule has 1 saturated heterocycles. The van der Waals surface area contributed by atoms with Crippen LogP contribution in [0.5, 0.6) is 0 Å². The molecule has 0 aliphatic carbocycles. The van der Waals surface area contributed by atoms with Gasteiger partial charge in [-0.2, -0.15) is 0 Å². The third-order valence-corrected chi connectivity index (χ3v) is 3.42. The highest BCUT2D eigenvalue weighted by molar-refractivity contribution is 6.67. The third kappa shape index (κ3) is 4.66. The molecule has 1 rings (SSSR count). The highest BCUT2D eigenvalue weighted by Gasteiger charge is 2.43. The number of ether oxygens (including phenoxy) is 1. The molecular formula is C12H20ClN3O5. The van der Waals surface area contributed by atoms with Crippen molar-refractivity contribution in [2.45, 2.75) is 44.8 Å². The Morgan fingerprint density at radius 3 is 2.52 bits per heavy atom. The highest BCUT2D eigenvalue weighted by Crippen LogP contribution is 2.25. The van der Waals surface area contributed by atoms with Gasteiger partial charge in [-0.05, 0) is 33.6 Å². The number of halogens is 1. The molecular weight excluding hydrogens is 302 g/mol. The predicted octanol–water partition coefficient (Wildman–Crippen LogP) is 2.05. The Hall–Kier alpha value is -1.70. The Kier molecular flexibility index (Phi) is 5.27. The summed E-state index contributed by atoms with van der Waals surface area (Å²) in [6, 6.07) is 0. The van der Waals surface area contributed by atoms with Crippen molar-refractivity contribution in [1.29, 1.82) is 0 Å². The number of amides is 2. The van der Waals surface area contributed by atoms with Crippen LogP contribution >= 0.6 is 11.6 Å². The molecule has 1 aliphatic rings. The number of carboxylic acid groups (broad SMARTS) is 1. The molecule has 8 nitrogen and oxygen atoms in total. The molecule has 0 saturated carbocycles. The van der Waals surface area contributed by atoms with Crippen molar-refractivity contribution < 1.29 is 24.6 Å². The van der Waals surface area contributed by atoms with E-state index < -0.39 is 23.3 Å². The Balaban J connectivity index is 2.95. The second-order valence-electron chi connectivity index (χ2n) is 5.91. The lowest BCUT2D eigenvalue weighted by molar-refractivity contribution is 0.0432. The lowest BCUT2D eigenvalue weighted by Crippen LogP contribution is -2.63. The molecule has 2 amide bonds. The van der Waals surface area contributed by atoms with Crippen LogP contribution in [0, 0.1) is 0 Å². The van der Waals surface area contributed by atoms with E-state index in [4.69, 9.17) is 26.7 Å². The number of carbonyl (C=O) groups excluding carboxylic acids is 1. The van der Waals surface area contributed by atoms with Gasteiger partial charge in [-0.25, -0.2) is 9.59 Å². The van der Waals surface area contributed by atoms with E-state index in [9.17, 15) is 9.59 Å². The first kappa shape index (κ1) is 17.4. The number of carbonyl (C=O) groups is 2. The van der Waals surface area contributed by atoms with E-state index in [1.165, 1.54) is 0 Å². The zero-order chi connectivity index (χ0) is 16.3. The second kappa shape index (κ2) is 6.38. The smallest absolute Gasteiger partial charge is 0.408 e. The van der Waals surface area contributed by atoms with Gasteiger partial charge in [0.2, 0.25) is 0 Å². The summed E-state index contributed by atoms with van der Waals surface area (Å²) in [4.78, 5) is 24.1. The van der Waals surface area contributed by atoms with E-state index in [0.29, 0.717) is 19.4 Å². The van der Waals surface area contributed by atoms with Crippen LogP contribution in [0.15, 0.2) is 5.16 Å². The summed E-state index contributed by atoms with van der Waals surface area (Å²) in [5.41, 5.74) is -2.00. The van der Waals surface area contributed by atoms with Gasteiger partial charge in [-0.3, -0.25) is 0 Å². The van der Waals surface area contributed by atoms with Gasteiger partial charge in [-0.15, -0.1) is 0 Å². The van der Waals surface area contributed by atoms with Crippen LogP contribution in [0.2, 0.25) is 0 Å². The van der Waals surface area contributed by atoms with Crippen LogP contribution in [-0.2, 0) is 4.74 Å². The number of hydrogen-bond acceptors (Lipinski definition) is 5. The van der Waals surface area contributed by atoms with Gasteiger partial charge in [0.1, 0.15) is 11.1 Å². The molecule has 1 aliphatic heterocycles. The van der Waals surface area contributed by atoms with E-state index in [-0.39, 0.29) is 11.7 Å². The number of likely N-dealkylation sites (tertiary alicyclic amines) is 1. The topological polar surface area (TPSA) is 111 Å². The molecule has 1 unspecified atom stereocenters. The molecule has 0 aromatic carbocycles. The average molecular weight is 322 g/mol. The number of rotatable bonds is 2. The molecule has 9 heteroatoms. The first-order valence-corrected chi connectivity index (χ1v) is 6.84. The van der Waals surface area contributed by atoms with Crippen molar-refractivity contribution in [2.75, 3.05) is 13.1 Å². The van der Waals surface area contributed by atoms with Gasteiger partial charge in [0, 0.05) is 6.54 Å². The van der Waals surface area contributed by atoms with Crippen LogP contribution in [0.3, 0.4) is 0 Å².